The molecule has 0 aliphatic rings. The number of amides is 1. The molecule has 0 aliphatic heterocycles. The van der Waals surface area contributed by atoms with Gasteiger partial charge in [-0.2, -0.15) is 4.72 Å². The van der Waals surface area contributed by atoms with Gasteiger partial charge < -0.3 is 10.1 Å². The van der Waals surface area contributed by atoms with Crippen molar-refractivity contribution in [2.45, 2.75) is 52.0 Å². The van der Waals surface area contributed by atoms with Gasteiger partial charge in [-0.15, -0.1) is 0 Å². The van der Waals surface area contributed by atoms with E-state index in [1.807, 2.05) is 39.0 Å². The van der Waals surface area contributed by atoms with Gasteiger partial charge in [0.1, 0.15) is 5.75 Å². The molecule has 0 bridgehead atoms. The van der Waals surface area contributed by atoms with Crippen molar-refractivity contribution < 1.29 is 17.9 Å². The van der Waals surface area contributed by atoms with Crippen LogP contribution < -0.4 is 14.8 Å². The average Bonchev–Trinajstić information content (AvgIpc) is 2.64. The van der Waals surface area contributed by atoms with Crippen LogP contribution in [0, 0.1) is 13.8 Å². The van der Waals surface area contributed by atoms with E-state index in [2.05, 4.69) is 10.0 Å². The van der Waals surface area contributed by atoms with Crippen LogP contribution in [0.3, 0.4) is 0 Å². The van der Waals surface area contributed by atoms with Gasteiger partial charge in [0, 0.05) is 5.69 Å². The second kappa shape index (κ2) is 9.21. The van der Waals surface area contributed by atoms with E-state index in [9.17, 15) is 13.2 Å². The number of carbonyl (C=O) groups is 1. The highest BCUT2D eigenvalue weighted by Gasteiger charge is 2.23. The van der Waals surface area contributed by atoms with Gasteiger partial charge in [0.05, 0.1) is 17.5 Å². The fraction of sp³-hybridized carbons (Fsp3) is 0.381. The van der Waals surface area contributed by atoms with Gasteiger partial charge >= 0.3 is 0 Å². The number of aryl methyl sites for hydroxylation is 3. The summed E-state index contributed by atoms with van der Waals surface area (Å²) >= 11 is 0. The Labute approximate surface area is 167 Å². The second-order valence-corrected chi connectivity index (χ2v) is 8.37. The number of benzene rings is 2. The standard InChI is InChI=1S/C21H28N2O4S/c1-6-17-10-8-9-14(3)20(17)22-21(24)16(5)23-28(25,26)18-11-12-19(27-7-2)15(4)13-18/h8-13,16,23H,6-7H2,1-5H3,(H,22,24)/t16-/m1/s1. The van der Waals surface area contributed by atoms with Crippen molar-refractivity contribution in [3.05, 3.63) is 53.1 Å². The molecule has 1 atom stereocenters. The normalized spacial score (nSPS) is 12.5. The summed E-state index contributed by atoms with van der Waals surface area (Å²) in [6.45, 7) is 9.59. The maximum absolute atomic E-state index is 12.7. The second-order valence-electron chi connectivity index (χ2n) is 6.66. The maximum atomic E-state index is 12.7. The zero-order chi connectivity index (χ0) is 20.9. The highest BCUT2D eigenvalue weighted by Crippen LogP contribution is 2.23. The minimum Gasteiger partial charge on any atom is -0.494 e. The van der Waals surface area contributed by atoms with Crippen molar-refractivity contribution in [3.8, 4) is 5.75 Å². The van der Waals surface area contributed by atoms with Crippen LogP contribution in [0.1, 0.15) is 37.5 Å². The Bertz CT molecular complexity index is 955. The molecule has 2 aromatic rings. The summed E-state index contributed by atoms with van der Waals surface area (Å²) in [6, 6.07) is 9.49. The van der Waals surface area contributed by atoms with E-state index in [0.29, 0.717) is 17.9 Å². The minimum absolute atomic E-state index is 0.0956. The van der Waals surface area contributed by atoms with E-state index < -0.39 is 22.0 Å². The van der Waals surface area contributed by atoms with E-state index >= 15 is 0 Å². The van der Waals surface area contributed by atoms with Crippen molar-refractivity contribution in [2.24, 2.45) is 0 Å². The highest BCUT2D eigenvalue weighted by molar-refractivity contribution is 7.89. The van der Waals surface area contributed by atoms with Gasteiger partial charge in [0.2, 0.25) is 15.9 Å². The predicted octanol–water partition coefficient (Wildman–Crippen LogP) is 3.57. The number of hydrogen-bond donors (Lipinski definition) is 2. The van der Waals surface area contributed by atoms with Crippen molar-refractivity contribution in [1.29, 1.82) is 0 Å². The molecule has 0 aromatic heterocycles. The first-order valence-corrected chi connectivity index (χ1v) is 10.8. The molecule has 2 aromatic carbocycles. The van der Waals surface area contributed by atoms with Crippen molar-refractivity contribution in [3.63, 3.8) is 0 Å². The summed E-state index contributed by atoms with van der Waals surface area (Å²) in [7, 11) is -3.84. The lowest BCUT2D eigenvalue weighted by Crippen LogP contribution is -2.41. The van der Waals surface area contributed by atoms with Crippen LogP contribution in [0.4, 0.5) is 5.69 Å². The first kappa shape index (κ1) is 21.9. The molecule has 28 heavy (non-hydrogen) atoms. The molecule has 2 rings (SSSR count). The van der Waals surface area contributed by atoms with Gasteiger partial charge in [-0.1, -0.05) is 25.1 Å². The quantitative estimate of drug-likeness (QED) is 0.704. The van der Waals surface area contributed by atoms with Crippen LogP contribution in [0.5, 0.6) is 5.75 Å². The van der Waals surface area contributed by atoms with Crippen LogP contribution in [0.15, 0.2) is 41.3 Å². The Balaban J connectivity index is 2.16. The highest BCUT2D eigenvalue weighted by atomic mass is 32.2. The average molecular weight is 405 g/mol. The topological polar surface area (TPSA) is 84.5 Å². The van der Waals surface area contributed by atoms with Crippen LogP contribution >= 0.6 is 0 Å². The lowest BCUT2D eigenvalue weighted by molar-refractivity contribution is -0.117. The fourth-order valence-corrected chi connectivity index (χ4v) is 4.18. The molecule has 0 unspecified atom stereocenters. The molecule has 0 saturated carbocycles. The number of para-hydroxylation sites is 1. The smallest absolute Gasteiger partial charge is 0.242 e. The Morgan fingerprint density at radius 2 is 1.82 bits per heavy atom. The van der Waals surface area contributed by atoms with Crippen molar-refractivity contribution in [1.82, 2.24) is 4.72 Å². The van der Waals surface area contributed by atoms with E-state index in [-0.39, 0.29) is 4.90 Å². The first-order valence-electron chi connectivity index (χ1n) is 9.34. The van der Waals surface area contributed by atoms with E-state index in [4.69, 9.17) is 4.74 Å². The number of anilines is 1. The lowest BCUT2D eigenvalue weighted by Gasteiger charge is -2.18. The molecular weight excluding hydrogens is 376 g/mol. The maximum Gasteiger partial charge on any atom is 0.242 e. The summed E-state index contributed by atoms with van der Waals surface area (Å²) in [5.74, 6) is 0.231. The number of nitrogens with one attached hydrogen (secondary N) is 2. The Morgan fingerprint density at radius 3 is 2.43 bits per heavy atom. The number of rotatable bonds is 8. The van der Waals surface area contributed by atoms with Crippen LogP contribution in [-0.2, 0) is 21.2 Å². The summed E-state index contributed by atoms with van der Waals surface area (Å²) in [5.41, 5.74) is 3.39. The third kappa shape index (κ3) is 5.11. The Morgan fingerprint density at radius 1 is 1.11 bits per heavy atom. The van der Waals surface area contributed by atoms with Gasteiger partial charge in [0.25, 0.3) is 0 Å². The number of ether oxygens (including phenoxy) is 1. The molecule has 7 heteroatoms. The minimum atomic E-state index is -3.84. The summed E-state index contributed by atoms with van der Waals surface area (Å²) in [5, 5.41) is 2.85. The molecule has 0 saturated heterocycles. The predicted molar refractivity (Wildman–Crippen MR) is 111 cm³/mol. The molecule has 2 N–H and O–H groups in total. The molecule has 0 fully saturated rings. The van der Waals surface area contributed by atoms with Crippen molar-refractivity contribution >= 4 is 21.6 Å². The molecular formula is C21H28N2O4S. The van der Waals surface area contributed by atoms with Crippen LogP contribution in [0.25, 0.3) is 0 Å². The SMILES string of the molecule is CCOc1ccc(S(=O)(=O)N[C@H](C)C(=O)Nc2c(C)cccc2CC)cc1C. The molecule has 0 aliphatic carbocycles. The number of sulfonamides is 1. The van der Waals surface area contributed by atoms with E-state index in [1.54, 1.807) is 13.0 Å². The van der Waals surface area contributed by atoms with Gasteiger partial charge in [-0.3, -0.25) is 4.79 Å². The van der Waals surface area contributed by atoms with Crippen LogP contribution in [-0.4, -0.2) is 27.0 Å². The molecule has 1 amide bonds. The Hall–Kier alpha value is -2.38. The molecule has 0 spiro atoms. The van der Waals surface area contributed by atoms with Crippen LogP contribution in [0.2, 0.25) is 0 Å². The summed E-state index contributed by atoms with van der Waals surface area (Å²) < 4.78 is 33.2. The third-order valence-electron chi connectivity index (χ3n) is 4.47. The number of hydrogen-bond acceptors (Lipinski definition) is 4. The number of carbonyl (C=O) groups excluding carboxylic acids is 1. The van der Waals surface area contributed by atoms with E-state index in [1.165, 1.54) is 19.1 Å². The monoisotopic (exact) mass is 404 g/mol. The lowest BCUT2D eigenvalue weighted by atomic mass is 10.1. The largest absolute Gasteiger partial charge is 0.494 e. The Kier molecular flexibility index (Phi) is 7.21. The zero-order valence-electron chi connectivity index (χ0n) is 17.0. The third-order valence-corrected chi connectivity index (χ3v) is 6.01. The van der Waals surface area contributed by atoms with Gasteiger partial charge in [-0.05, 0) is 69.0 Å². The fourth-order valence-electron chi connectivity index (χ4n) is 2.89. The molecule has 6 nitrogen and oxygen atoms in total. The summed E-state index contributed by atoms with van der Waals surface area (Å²) in [6.07, 6.45) is 0.767. The van der Waals surface area contributed by atoms with E-state index in [0.717, 1.165) is 23.2 Å². The van der Waals surface area contributed by atoms with Gasteiger partial charge in [-0.25, -0.2) is 8.42 Å². The van der Waals surface area contributed by atoms with Crippen molar-refractivity contribution in [2.75, 3.05) is 11.9 Å². The first-order chi connectivity index (χ1) is 13.2. The zero-order valence-corrected chi connectivity index (χ0v) is 17.8. The summed E-state index contributed by atoms with van der Waals surface area (Å²) in [4.78, 5) is 12.7. The molecule has 152 valence electrons. The molecule has 0 radical (unpaired) electrons. The van der Waals surface area contributed by atoms with Gasteiger partial charge in [0.15, 0.2) is 0 Å². The molecule has 0 heterocycles.